The molecule has 0 fully saturated rings. The lowest BCUT2D eigenvalue weighted by atomic mass is 10.0. The Hall–Kier alpha value is -1.28. The number of nitrogens with two attached hydrogens (primary N) is 1. The van der Waals surface area contributed by atoms with Gasteiger partial charge in [0.2, 0.25) is 0 Å². The second-order valence-corrected chi connectivity index (χ2v) is 4.41. The van der Waals surface area contributed by atoms with E-state index in [1.165, 1.54) is 52.5 Å². The molecule has 0 aliphatic heterocycles. The standard InChI is InChI=1S/C13H16N2/c1-8-9(7-14)5-6-11-10-3-2-4-12(10)15-13(8)11/h5-6,15H,2-4,7,14H2,1H3. The van der Waals surface area contributed by atoms with Crippen molar-refractivity contribution in [3.05, 3.63) is 34.5 Å². The molecule has 1 aromatic carbocycles. The SMILES string of the molecule is Cc1c(CN)ccc2c3c([nH]c12)CCC3. The van der Waals surface area contributed by atoms with Gasteiger partial charge in [0.05, 0.1) is 0 Å². The van der Waals surface area contributed by atoms with E-state index in [0.717, 1.165) is 0 Å². The van der Waals surface area contributed by atoms with Gasteiger partial charge in [-0.15, -0.1) is 0 Å². The molecule has 1 aliphatic rings. The van der Waals surface area contributed by atoms with Gasteiger partial charge in [-0.3, -0.25) is 0 Å². The van der Waals surface area contributed by atoms with Crippen molar-refractivity contribution in [1.82, 2.24) is 4.98 Å². The maximum atomic E-state index is 5.72. The fourth-order valence-corrected chi connectivity index (χ4v) is 2.72. The van der Waals surface area contributed by atoms with Gasteiger partial charge in [0.25, 0.3) is 0 Å². The highest BCUT2D eigenvalue weighted by Crippen LogP contribution is 2.32. The summed E-state index contributed by atoms with van der Waals surface area (Å²) in [6.45, 7) is 2.79. The molecule has 0 saturated heterocycles. The zero-order chi connectivity index (χ0) is 10.4. The lowest BCUT2D eigenvalue weighted by Crippen LogP contribution is -1.99. The summed E-state index contributed by atoms with van der Waals surface area (Å²) in [5, 5.41) is 1.41. The van der Waals surface area contributed by atoms with Gasteiger partial charge in [-0.05, 0) is 42.9 Å². The van der Waals surface area contributed by atoms with Crippen LogP contribution < -0.4 is 5.73 Å². The maximum absolute atomic E-state index is 5.72. The summed E-state index contributed by atoms with van der Waals surface area (Å²) >= 11 is 0. The molecule has 2 nitrogen and oxygen atoms in total. The first-order valence-corrected chi connectivity index (χ1v) is 5.63. The number of H-pyrrole nitrogens is 1. The summed E-state index contributed by atoms with van der Waals surface area (Å²) in [6, 6.07) is 4.40. The first kappa shape index (κ1) is 8.98. The number of aromatic amines is 1. The van der Waals surface area contributed by atoms with Gasteiger partial charge in [0, 0.05) is 23.1 Å². The van der Waals surface area contributed by atoms with E-state index in [1.54, 1.807) is 0 Å². The Labute approximate surface area is 89.5 Å². The Morgan fingerprint density at radius 2 is 2.20 bits per heavy atom. The van der Waals surface area contributed by atoms with Crippen LogP contribution in [-0.2, 0) is 19.4 Å². The van der Waals surface area contributed by atoms with Gasteiger partial charge in [0.1, 0.15) is 0 Å². The van der Waals surface area contributed by atoms with E-state index in [2.05, 4.69) is 24.0 Å². The largest absolute Gasteiger partial charge is 0.358 e. The topological polar surface area (TPSA) is 41.8 Å². The third kappa shape index (κ3) is 1.15. The van der Waals surface area contributed by atoms with Crippen LogP contribution in [0.3, 0.4) is 0 Å². The fourth-order valence-electron chi connectivity index (χ4n) is 2.72. The van der Waals surface area contributed by atoms with Crippen molar-refractivity contribution >= 4 is 10.9 Å². The third-order valence-electron chi connectivity index (χ3n) is 3.62. The molecule has 0 radical (unpaired) electrons. The Bertz CT molecular complexity index is 523. The molecule has 3 rings (SSSR count). The van der Waals surface area contributed by atoms with E-state index in [9.17, 15) is 0 Å². The number of hydrogen-bond donors (Lipinski definition) is 2. The predicted octanol–water partition coefficient (Wildman–Crippen LogP) is 2.42. The Kier molecular flexibility index (Phi) is 1.86. The van der Waals surface area contributed by atoms with Crippen molar-refractivity contribution in [1.29, 1.82) is 0 Å². The Balaban J connectivity index is 2.34. The van der Waals surface area contributed by atoms with E-state index in [-0.39, 0.29) is 0 Å². The Morgan fingerprint density at radius 3 is 3.00 bits per heavy atom. The molecule has 1 heterocycles. The zero-order valence-corrected chi connectivity index (χ0v) is 9.06. The third-order valence-corrected chi connectivity index (χ3v) is 3.62. The van der Waals surface area contributed by atoms with Gasteiger partial charge < -0.3 is 10.7 Å². The average Bonchev–Trinajstić information content (AvgIpc) is 2.79. The highest BCUT2D eigenvalue weighted by Gasteiger charge is 2.17. The highest BCUT2D eigenvalue weighted by atomic mass is 14.7. The normalized spacial score (nSPS) is 14.8. The minimum absolute atomic E-state index is 0.630. The maximum Gasteiger partial charge on any atom is 0.0491 e. The Morgan fingerprint density at radius 1 is 1.33 bits per heavy atom. The molecule has 0 unspecified atom stereocenters. The molecule has 0 atom stereocenters. The number of nitrogens with one attached hydrogen (secondary N) is 1. The van der Waals surface area contributed by atoms with Crippen molar-refractivity contribution in [3.63, 3.8) is 0 Å². The summed E-state index contributed by atoms with van der Waals surface area (Å²) in [5.74, 6) is 0. The molecule has 0 bridgehead atoms. The van der Waals surface area contributed by atoms with E-state index in [1.807, 2.05) is 0 Å². The lowest BCUT2D eigenvalue weighted by molar-refractivity contribution is 0.898. The molecule has 15 heavy (non-hydrogen) atoms. The number of aryl methyl sites for hydroxylation is 3. The van der Waals surface area contributed by atoms with Crippen molar-refractivity contribution < 1.29 is 0 Å². The van der Waals surface area contributed by atoms with Crippen LogP contribution in [0.4, 0.5) is 0 Å². The second kappa shape index (κ2) is 3.11. The van der Waals surface area contributed by atoms with E-state index < -0.39 is 0 Å². The molecule has 1 aromatic heterocycles. The summed E-state index contributed by atoms with van der Waals surface area (Å²) < 4.78 is 0. The van der Waals surface area contributed by atoms with Crippen LogP contribution >= 0.6 is 0 Å². The monoisotopic (exact) mass is 200 g/mol. The molecule has 0 spiro atoms. The van der Waals surface area contributed by atoms with E-state index in [0.29, 0.717) is 6.54 Å². The van der Waals surface area contributed by atoms with Crippen LogP contribution in [0.5, 0.6) is 0 Å². The first-order valence-electron chi connectivity index (χ1n) is 5.63. The van der Waals surface area contributed by atoms with Gasteiger partial charge in [-0.25, -0.2) is 0 Å². The average molecular weight is 200 g/mol. The molecule has 2 heteroatoms. The van der Waals surface area contributed by atoms with Crippen LogP contribution in [0.2, 0.25) is 0 Å². The molecule has 3 N–H and O–H groups in total. The summed E-state index contributed by atoms with van der Waals surface area (Å²) in [6.07, 6.45) is 3.74. The van der Waals surface area contributed by atoms with Gasteiger partial charge in [0.15, 0.2) is 0 Å². The van der Waals surface area contributed by atoms with E-state index in [4.69, 9.17) is 5.73 Å². The number of rotatable bonds is 1. The molecule has 0 amide bonds. The van der Waals surface area contributed by atoms with E-state index >= 15 is 0 Å². The zero-order valence-electron chi connectivity index (χ0n) is 9.06. The van der Waals surface area contributed by atoms with Crippen LogP contribution in [0, 0.1) is 6.92 Å². The molecule has 0 saturated carbocycles. The molecular formula is C13H16N2. The molecular weight excluding hydrogens is 184 g/mol. The number of aromatic nitrogens is 1. The quantitative estimate of drug-likeness (QED) is 0.729. The van der Waals surface area contributed by atoms with Crippen LogP contribution in [0.1, 0.15) is 28.8 Å². The smallest absolute Gasteiger partial charge is 0.0491 e. The van der Waals surface area contributed by atoms with Gasteiger partial charge in [-0.1, -0.05) is 12.1 Å². The fraction of sp³-hybridized carbons (Fsp3) is 0.385. The number of hydrogen-bond acceptors (Lipinski definition) is 1. The molecule has 1 aliphatic carbocycles. The summed E-state index contributed by atoms with van der Waals surface area (Å²) in [7, 11) is 0. The van der Waals surface area contributed by atoms with Crippen molar-refractivity contribution in [2.75, 3.05) is 0 Å². The van der Waals surface area contributed by atoms with Crippen LogP contribution in [-0.4, -0.2) is 4.98 Å². The van der Waals surface area contributed by atoms with Crippen LogP contribution in [0.15, 0.2) is 12.1 Å². The predicted molar refractivity (Wildman–Crippen MR) is 63.0 cm³/mol. The number of fused-ring (bicyclic) bond motifs is 3. The molecule has 78 valence electrons. The minimum Gasteiger partial charge on any atom is -0.358 e. The van der Waals surface area contributed by atoms with Gasteiger partial charge in [-0.2, -0.15) is 0 Å². The first-order chi connectivity index (χ1) is 7.31. The van der Waals surface area contributed by atoms with Crippen molar-refractivity contribution in [3.8, 4) is 0 Å². The second-order valence-electron chi connectivity index (χ2n) is 4.41. The lowest BCUT2D eigenvalue weighted by Gasteiger charge is -2.04. The van der Waals surface area contributed by atoms with Crippen LogP contribution in [0.25, 0.3) is 10.9 Å². The molecule has 2 aromatic rings. The van der Waals surface area contributed by atoms with Crippen molar-refractivity contribution in [2.24, 2.45) is 5.73 Å². The van der Waals surface area contributed by atoms with Gasteiger partial charge >= 0.3 is 0 Å². The minimum atomic E-state index is 0.630. The summed E-state index contributed by atoms with van der Waals surface area (Å²) in [5.41, 5.74) is 12.6. The highest BCUT2D eigenvalue weighted by molar-refractivity contribution is 5.88. The van der Waals surface area contributed by atoms with Crippen molar-refractivity contribution in [2.45, 2.75) is 32.7 Å². The number of benzene rings is 1. The summed E-state index contributed by atoms with van der Waals surface area (Å²) in [4.78, 5) is 3.56.